The number of anilines is 1. The molecule has 1 heterocycles. The lowest BCUT2D eigenvalue weighted by molar-refractivity contribution is -0.137. The van der Waals surface area contributed by atoms with Crippen molar-refractivity contribution in [1.82, 2.24) is 4.90 Å². The van der Waals surface area contributed by atoms with Crippen molar-refractivity contribution in [3.8, 4) is 0 Å². The second-order valence-electron chi connectivity index (χ2n) is 7.07. The van der Waals surface area contributed by atoms with Crippen molar-refractivity contribution in [2.24, 2.45) is 0 Å². The Labute approximate surface area is 186 Å². The number of benzene rings is 2. The fourth-order valence-electron chi connectivity index (χ4n) is 3.17. The van der Waals surface area contributed by atoms with Crippen LogP contribution in [0.15, 0.2) is 42.5 Å². The molecule has 0 fully saturated rings. The summed E-state index contributed by atoms with van der Waals surface area (Å²) in [4.78, 5) is 50.2. The van der Waals surface area contributed by atoms with Crippen LogP contribution in [0, 0.1) is 0 Å². The van der Waals surface area contributed by atoms with E-state index < -0.39 is 42.0 Å². The van der Waals surface area contributed by atoms with Gasteiger partial charge in [0.05, 0.1) is 22.3 Å². The first-order valence-electron chi connectivity index (χ1n) is 9.75. The highest BCUT2D eigenvalue weighted by Gasteiger charge is 2.35. The molecule has 0 aliphatic carbocycles. The van der Waals surface area contributed by atoms with Gasteiger partial charge >= 0.3 is 12.1 Å². The van der Waals surface area contributed by atoms with Crippen molar-refractivity contribution in [2.45, 2.75) is 12.6 Å². The molecule has 0 radical (unpaired) electrons. The van der Waals surface area contributed by atoms with E-state index in [0.29, 0.717) is 13.0 Å². The molecule has 2 aromatic rings. The topological polar surface area (TPSA) is 102 Å². The van der Waals surface area contributed by atoms with Crippen molar-refractivity contribution in [3.05, 3.63) is 64.7 Å². The number of nitrogens with zero attached hydrogens (tertiary/aromatic N) is 1. The number of hydrogen-bond donors (Lipinski definition) is 1. The maximum atomic E-state index is 12.8. The van der Waals surface area contributed by atoms with Gasteiger partial charge in [-0.15, -0.1) is 0 Å². The van der Waals surface area contributed by atoms with Crippen molar-refractivity contribution in [3.63, 3.8) is 0 Å². The van der Waals surface area contributed by atoms with Crippen LogP contribution in [-0.4, -0.2) is 55.5 Å². The summed E-state index contributed by atoms with van der Waals surface area (Å²) in [5, 5.41) is 2.21. The molecule has 0 unspecified atom stereocenters. The van der Waals surface area contributed by atoms with Crippen LogP contribution in [-0.2, 0) is 20.4 Å². The number of imide groups is 1. The van der Waals surface area contributed by atoms with E-state index in [9.17, 15) is 32.3 Å². The van der Waals surface area contributed by atoms with E-state index in [1.807, 2.05) is 0 Å². The summed E-state index contributed by atoms with van der Waals surface area (Å²) in [6.45, 7) is -0.231. The second-order valence-corrected chi connectivity index (χ2v) is 7.07. The number of methoxy groups -OCH3 is 1. The zero-order valence-corrected chi connectivity index (χ0v) is 17.4. The first-order chi connectivity index (χ1) is 15.6. The number of fused-ring (bicyclic) bond motifs is 1. The normalized spacial score (nSPS) is 13.2. The smallest absolute Gasteiger partial charge is 0.416 e. The van der Waals surface area contributed by atoms with Crippen LogP contribution in [0.25, 0.3) is 0 Å². The van der Waals surface area contributed by atoms with Gasteiger partial charge in [-0.25, -0.2) is 4.79 Å². The molecule has 3 amide bonds. The Morgan fingerprint density at radius 1 is 1.03 bits per heavy atom. The van der Waals surface area contributed by atoms with E-state index in [0.717, 1.165) is 23.1 Å². The predicted molar refractivity (Wildman–Crippen MR) is 109 cm³/mol. The van der Waals surface area contributed by atoms with Gasteiger partial charge in [0.2, 0.25) is 0 Å². The van der Waals surface area contributed by atoms with Crippen molar-refractivity contribution < 1.29 is 41.8 Å². The van der Waals surface area contributed by atoms with E-state index in [2.05, 4.69) is 5.32 Å². The highest BCUT2D eigenvalue weighted by Crippen LogP contribution is 2.30. The lowest BCUT2D eigenvalue weighted by Gasteiger charge is -2.12. The summed E-state index contributed by atoms with van der Waals surface area (Å²) >= 11 is 0. The number of ether oxygens (including phenoxy) is 2. The Morgan fingerprint density at radius 2 is 1.76 bits per heavy atom. The molecule has 0 saturated carbocycles. The van der Waals surface area contributed by atoms with Gasteiger partial charge in [-0.05, 0) is 42.8 Å². The molecule has 0 spiro atoms. The minimum absolute atomic E-state index is 0.0419. The van der Waals surface area contributed by atoms with Crippen molar-refractivity contribution >= 4 is 29.4 Å². The maximum absolute atomic E-state index is 12.8. The van der Waals surface area contributed by atoms with E-state index >= 15 is 0 Å². The van der Waals surface area contributed by atoms with Gasteiger partial charge in [0.15, 0.2) is 6.61 Å². The molecule has 11 heteroatoms. The zero-order valence-electron chi connectivity index (χ0n) is 17.4. The number of rotatable bonds is 8. The molecule has 0 atom stereocenters. The quantitative estimate of drug-likeness (QED) is 0.366. The second kappa shape index (κ2) is 9.82. The minimum atomic E-state index is -4.57. The Bertz CT molecular complexity index is 1100. The molecular weight excluding hydrogens is 445 g/mol. The first kappa shape index (κ1) is 23.9. The summed E-state index contributed by atoms with van der Waals surface area (Å²) in [6, 6.07) is 7.82. The van der Waals surface area contributed by atoms with Gasteiger partial charge < -0.3 is 14.8 Å². The number of carbonyl (C=O) groups is 4. The van der Waals surface area contributed by atoms with Gasteiger partial charge in [-0.3, -0.25) is 19.3 Å². The Kier molecular flexibility index (Phi) is 7.12. The number of hydrogen-bond acceptors (Lipinski definition) is 6. The highest BCUT2D eigenvalue weighted by atomic mass is 19.4. The molecule has 8 nitrogen and oxygen atoms in total. The number of amides is 3. The maximum Gasteiger partial charge on any atom is 0.416 e. The largest absolute Gasteiger partial charge is 0.452 e. The molecule has 1 N–H and O–H groups in total. The third kappa shape index (κ3) is 5.55. The number of esters is 1. The number of nitrogens with one attached hydrogen (secondary N) is 1. The molecule has 1 aliphatic rings. The minimum Gasteiger partial charge on any atom is -0.452 e. The molecule has 0 saturated heterocycles. The van der Waals surface area contributed by atoms with E-state index in [1.54, 1.807) is 0 Å². The molecule has 0 aromatic heterocycles. The molecule has 1 aliphatic heterocycles. The van der Waals surface area contributed by atoms with Crippen LogP contribution < -0.4 is 5.32 Å². The fourth-order valence-corrected chi connectivity index (χ4v) is 3.17. The molecule has 174 valence electrons. The van der Waals surface area contributed by atoms with Crippen LogP contribution in [0.3, 0.4) is 0 Å². The lowest BCUT2D eigenvalue weighted by Crippen LogP contribution is -2.31. The Balaban J connectivity index is 1.60. The van der Waals surface area contributed by atoms with Gasteiger partial charge in [0.1, 0.15) is 0 Å². The third-order valence-electron chi connectivity index (χ3n) is 4.74. The summed E-state index contributed by atoms with van der Waals surface area (Å²) in [5.74, 6) is -2.82. The SMILES string of the molecule is COCCCN1C(=O)c2ccc(C(=O)OCC(=O)Nc3cccc(C(F)(F)F)c3)cc2C1=O. The van der Waals surface area contributed by atoms with Gasteiger partial charge in [0.25, 0.3) is 17.7 Å². The fraction of sp³-hybridized carbons (Fsp3) is 0.273. The van der Waals surface area contributed by atoms with E-state index in [1.165, 1.54) is 31.4 Å². The lowest BCUT2D eigenvalue weighted by atomic mass is 10.1. The molecular formula is C22H19F3N2O6. The summed E-state index contributed by atoms with van der Waals surface area (Å²) in [6.07, 6.45) is -4.11. The zero-order chi connectivity index (χ0) is 24.2. The Hall–Kier alpha value is -3.73. The van der Waals surface area contributed by atoms with Crippen LogP contribution in [0.4, 0.5) is 18.9 Å². The number of alkyl halides is 3. The van der Waals surface area contributed by atoms with Crippen LogP contribution >= 0.6 is 0 Å². The molecule has 0 bridgehead atoms. The van der Waals surface area contributed by atoms with Crippen molar-refractivity contribution in [1.29, 1.82) is 0 Å². The molecule has 2 aromatic carbocycles. The van der Waals surface area contributed by atoms with Gasteiger partial charge in [-0.2, -0.15) is 13.2 Å². The van der Waals surface area contributed by atoms with E-state index in [4.69, 9.17) is 9.47 Å². The average molecular weight is 464 g/mol. The van der Waals surface area contributed by atoms with Gasteiger partial charge in [-0.1, -0.05) is 6.07 Å². The highest BCUT2D eigenvalue weighted by molar-refractivity contribution is 6.22. The number of halogens is 3. The summed E-state index contributed by atoms with van der Waals surface area (Å²) in [5.41, 5.74) is -0.913. The molecule has 3 rings (SSSR count). The van der Waals surface area contributed by atoms with Crippen LogP contribution in [0.1, 0.15) is 43.1 Å². The standard InChI is InChI=1S/C22H19F3N2O6/c1-32-9-3-8-27-19(29)16-7-6-13(10-17(16)20(27)30)21(31)33-12-18(28)26-15-5-2-4-14(11-15)22(23,24)25/h2,4-7,10-11H,3,8-9,12H2,1H3,(H,26,28). The summed E-state index contributed by atoms with van der Waals surface area (Å²) < 4.78 is 48.1. The summed E-state index contributed by atoms with van der Waals surface area (Å²) in [7, 11) is 1.50. The molecule has 33 heavy (non-hydrogen) atoms. The monoisotopic (exact) mass is 464 g/mol. The predicted octanol–water partition coefficient (Wildman–Crippen LogP) is 3.13. The van der Waals surface area contributed by atoms with Crippen molar-refractivity contribution in [2.75, 3.05) is 32.2 Å². The van der Waals surface area contributed by atoms with Gasteiger partial charge in [0, 0.05) is 25.9 Å². The third-order valence-corrected chi connectivity index (χ3v) is 4.74. The van der Waals surface area contributed by atoms with E-state index in [-0.39, 0.29) is 28.9 Å². The average Bonchev–Trinajstić information content (AvgIpc) is 3.01. The van der Waals surface area contributed by atoms with Crippen LogP contribution in [0.5, 0.6) is 0 Å². The first-order valence-corrected chi connectivity index (χ1v) is 9.75. The number of carbonyl (C=O) groups excluding carboxylic acids is 4. The van der Waals surface area contributed by atoms with Crippen LogP contribution in [0.2, 0.25) is 0 Å². The Morgan fingerprint density at radius 3 is 2.45 bits per heavy atom.